The number of rotatable bonds is 3. The number of hydrogen-bond acceptors (Lipinski definition) is 3. The number of thiophene rings is 1. The summed E-state index contributed by atoms with van der Waals surface area (Å²) in [6, 6.07) is 4.36. The zero-order valence-corrected chi connectivity index (χ0v) is 14.9. The molecule has 1 aromatic rings. The predicted octanol–water partition coefficient (Wildman–Crippen LogP) is 4.67. The van der Waals surface area contributed by atoms with Crippen LogP contribution in [0.1, 0.15) is 51.3 Å². The number of hydrogen-bond donors (Lipinski definition) is 1. The van der Waals surface area contributed by atoms with Gasteiger partial charge in [0.05, 0.1) is 6.54 Å². The normalized spacial score (nSPS) is 31.8. The Bertz CT molecular complexity index is 497. The molecule has 2 nitrogen and oxygen atoms in total. The summed E-state index contributed by atoms with van der Waals surface area (Å²) in [7, 11) is 0. The van der Waals surface area contributed by atoms with E-state index in [1.807, 2.05) is 23.1 Å². The SMILES string of the molecule is CC1CCC2(CC1)CSC(=NCC(C)(C)c1cccs1)N2. The Labute approximate surface area is 136 Å². The van der Waals surface area contributed by atoms with Crippen molar-refractivity contribution in [1.29, 1.82) is 0 Å². The summed E-state index contributed by atoms with van der Waals surface area (Å²) in [5.41, 5.74) is 0.489. The van der Waals surface area contributed by atoms with Gasteiger partial charge < -0.3 is 5.32 Å². The molecule has 2 fully saturated rings. The van der Waals surface area contributed by atoms with Crippen LogP contribution in [0.15, 0.2) is 22.5 Å². The minimum Gasteiger partial charge on any atom is -0.359 e. The Balaban J connectivity index is 1.61. The first-order valence-corrected chi connectivity index (χ1v) is 9.85. The van der Waals surface area contributed by atoms with Crippen molar-refractivity contribution in [2.24, 2.45) is 10.9 Å². The summed E-state index contributed by atoms with van der Waals surface area (Å²) < 4.78 is 0. The molecule has 1 saturated carbocycles. The summed E-state index contributed by atoms with van der Waals surface area (Å²) in [4.78, 5) is 6.32. The standard InChI is InChI=1S/C17H26N2S2/c1-13-6-8-17(9-7-13)12-21-15(19-17)18-11-16(2,3)14-5-4-10-20-14/h4-5,10,13H,6-9,11-12H2,1-3H3,(H,18,19). The molecule has 1 saturated heterocycles. The molecule has 0 radical (unpaired) electrons. The highest BCUT2D eigenvalue weighted by Crippen LogP contribution is 2.38. The second-order valence-corrected chi connectivity index (χ2v) is 9.27. The maximum absolute atomic E-state index is 4.89. The molecule has 0 unspecified atom stereocenters. The highest BCUT2D eigenvalue weighted by molar-refractivity contribution is 8.14. The van der Waals surface area contributed by atoms with E-state index in [4.69, 9.17) is 4.99 Å². The lowest BCUT2D eigenvalue weighted by atomic mass is 9.78. The van der Waals surface area contributed by atoms with E-state index in [1.54, 1.807) is 0 Å². The van der Waals surface area contributed by atoms with Crippen molar-refractivity contribution in [2.45, 2.75) is 57.4 Å². The van der Waals surface area contributed by atoms with E-state index in [2.05, 4.69) is 43.6 Å². The first kappa shape index (κ1) is 15.4. The van der Waals surface area contributed by atoms with Crippen LogP contribution in [-0.4, -0.2) is 23.0 Å². The molecule has 2 aliphatic rings. The van der Waals surface area contributed by atoms with Gasteiger partial charge in [0.25, 0.3) is 0 Å². The fourth-order valence-corrected chi connectivity index (χ4v) is 5.25. The zero-order chi connectivity index (χ0) is 14.9. The molecule has 0 amide bonds. The van der Waals surface area contributed by atoms with Crippen LogP contribution >= 0.6 is 23.1 Å². The first-order valence-electron chi connectivity index (χ1n) is 7.99. The average Bonchev–Trinajstić information content (AvgIpc) is 3.11. The van der Waals surface area contributed by atoms with Crippen LogP contribution in [0.3, 0.4) is 0 Å². The maximum atomic E-state index is 4.89. The van der Waals surface area contributed by atoms with Gasteiger partial charge in [-0.25, -0.2) is 0 Å². The van der Waals surface area contributed by atoms with Gasteiger partial charge in [-0.3, -0.25) is 4.99 Å². The third-order valence-corrected chi connectivity index (χ3v) is 7.33. The van der Waals surface area contributed by atoms with Gasteiger partial charge >= 0.3 is 0 Å². The van der Waals surface area contributed by atoms with Crippen LogP contribution < -0.4 is 5.32 Å². The van der Waals surface area contributed by atoms with E-state index in [1.165, 1.54) is 41.5 Å². The fourth-order valence-electron chi connectivity index (χ4n) is 3.19. The predicted molar refractivity (Wildman–Crippen MR) is 95.6 cm³/mol. The topological polar surface area (TPSA) is 24.4 Å². The summed E-state index contributed by atoms with van der Waals surface area (Å²) in [5.74, 6) is 2.11. The Hall–Kier alpha value is -0.480. The Morgan fingerprint density at radius 1 is 1.38 bits per heavy atom. The zero-order valence-electron chi connectivity index (χ0n) is 13.3. The van der Waals surface area contributed by atoms with Gasteiger partial charge in [-0.1, -0.05) is 38.6 Å². The number of amidine groups is 1. The number of nitrogens with one attached hydrogen (secondary N) is 1. The second kappa shape index (κ2) is 5.96. The molecule has 1 aliphatic carbocycles. The molecule has 1 spiro atoms. The summed E-state index contributed by atoms with van der Waals surface area (Å²) in [6.07, 6.45) is 5.35. The lowest BCUT2D eigenvalue weighted by Gasteiger charge is -2.35. The molecular formula is C17H26N2S2. The second-order valence-electron chi connectivity index (χ2n) is 7.36. The molecular weight excluding hydrogens is 296 g/mol. The molecule has 0 aromatic carbocycles. The Morgan fingerprint density at radius 3 is 2.81 bits per heavy atom. The highest BCUT2D eigenvalue weighted by atomic mass is 32.2. The summed E-state index contributed by atoms with van der Waals surface area (Å²) in [6.45, 7) is 7.84. The minimum atomic E-state index is 0.139. The maximum Gasteiger partial charge on any atom is 0.157 e. The van der Waals surface area contributed by atoms with Crippen molar-refractivity contribution in [3.63, 3.8) is 0 Å². The van der Waals surface area contributed by atoms with Crippen LogP contribution in [-0.2, 0) is 5.41 Å². The molecule has 2 heterocycles. The molecule has 0 bridgehead atoms. The molecule has 0 atom stereocenters. The Kier molecular flexibility index (Phi) is 4.37. The third kappa shape index (κ3) is 3.48. The van der Waals surface area contributed by atoms with Gasteiger partial charge in [0.15, 0.2) is 5.17 Å². The molecule has 116 valence electrons. The van der Waals surface area contributed by atoms with Crippen LogP contribution in [0, 0.1) is 5.92 Å². The number of aliphatic imine (C=N–C) groups is 1. The summed E-state index contributed by atoms with van der Waals surface area (Å²) in [5, 5.41) is 7.09. The third-order valence-electron chi connectivity index (χ3n) is 4.89. The van der Waals surface area contributed by atoms with Crippen molar-refractivity contribution < 1.29 is 0 Å². The van der Waals surface area contributed by atoms with E-state index in [9.17, 15) is 0 Å². The monoisotopic (exact) mass is 322 g/mol. The first-order chi connectivity index (χ1) is 9.99. The average molecular weight is 323 g/mol. The van der Waals surface area contributed by atoms with E-state index in [0.717, 1.165) is 12.5 Å². The smallest absolute Gasteiger partial charge is 0.157 e. The van der Waals surface area contributed by atoms with Crippen molar-refractivity contribution >= 4 is 28.3 Å². The van der Waals surface area contributed by atoms with Gasteiger partial charge in [0.2, 0.25) is 0 Å². The highest BCUT2D eigenvalue weighted by Gasteiger charge is 2.39. The van der Waals surface area contributed by atoms with E-state index >= 15 is 0 Å². The van der Waals surface area contributed by atoms with Crippen molar-refractivity contribution in [1.82, 2.24) is 5.32 Å². The molecule has 1 aromatic heterocycles. The van der Waals surface area contributed by atoms with Crippen molar-refractivity contribution in [3.05, 3.63) is 22.4 Å². The van der Waals surface area contributed by atoms with E-state index in [-0.39, 0.29) is 5.41 Å². The van der Waals surface area contributed by atoms with Crippen molar-refractivity contribution in [3.8, 4) is 0 Å². The molecule has 21 heavy (non-hydrogen) atoms. The quantitative estimate of drug-likeness (QED) is 0.874. The Morgan fingerprint density at radius 2 is 2.14 bits per heavy atom. The van der Waals surface area contributed by atoms with Crippen LogP contribution in [0.2, 0.25) is 0 Å². The lowest BCUT2D eigenvalue weighted by molar-refractivity contribution is 0.250. The van der Waals surface area contributed by atoms with Crippen LogP contribution in [0.5, 0.6) is 0 Å². The minimum absolute atomic E-state index is 0.139. The molecule has 1 N–H and O–H groups in total. The lowest BCUT2D eigenvalue weighted by Crippen LogP contribution is -2.46. The summed E-state index contributed by atoms with van der Waals surface area (Å²) >= 11 is 3.77. The van der Waals surface area contributed by atoms with Gasteiger partial charge in [-0.2, -0.15) is 0 Å². The number of thioether (sulfide) groups is 1. The number of nitrogens with zero attached hydrogens (tertiary/aromatic N) is 1. The fraction of sp³-hybridized carbons (Fsp3) is 0.706. The molecule has 3 rings (SSSR count). The van der Waals surface area contributed by atoms with Crippen LogP contribution in [0.25, 0.3) is 0 Å². The van der Waals surface area contributed by atoms with Gasteiger partial charge in [0.1, 0.15) is 0 Å². The van der Waals surface area contributed by atoms with E-state index < -0.39 is 0 Å². The molecule has 4 heteroatoms. The van der Waals surface area contributed by atoms with Crippen LogP contribution in [0.4, 0.5) is 0 Å². The van der Waals surface area contributed by atoms with Gasteiger partial charge in [-0.05, 0) is 43.0 Å². The van der Waals surface area contributed by atoms with Gasteiger partial charge in [0, 0.05) is 21.6 Å². The molecule has 1 aliphatic heterocycles. The largest absolute Gasteiger partial charge is 0.359 e. The van der Waals surface area contributed by atoms with Crippen molar-refractivity contribution in [2.75, 3.05) is 12.3 Å². The van der Waals surface area contributed by atoms with E-state index in [0.29, 0.717) is 5.54 Å². The van der Waals surface area contributed by atoms with Gasteiger partial charge in [-0.15, -0.1) is 11.3 Å².